The van der Waals surface area contributed by atoms with E-state index in [1.165, 1.54) is 11.1 Å². The van der Waals surface area contributed by atoms with Crippen molar-refractivity contribution in [3.8, 4) is 0 Å². The molecule has 0 saturated carbocycles. The molecule has 1 saturated heterocycles. The Kier molecular flexibility index (Phi) is 4.54. The number of H-pyrrole nitrogens is 1. The zero-order chi connectivity index (χ0) is 19.0. The van der Waals surface area contributed by atoms with E-state index in [2.05, 4.69) is 28.5 Å². The van der Waals surface area contributed by atoms with Crippen LogP contribution in [0.1, 0.15) is 60.6 Å². The number of aromatic amines is 1. The topological polar surface area (TPSA) is 65.2 Å². The number of benzene rings is 1. The molecule has 0 unspecified atom stereocenters. The minimum Gasteiger partial charge on any atom is -0.357 e. The lowest BCUT2D eigenvalue weighted by molar-refractivity contribution is -0.123. The summed E-state index contributed by atoms with van der Waals surface area (Å²) in [7, 11) is 0. The highest BCUT2D eigenvalue weighted by atomic mass is 16.2. The molecule has 1 aromatic heterocycles. The number of piperidine rings is 1. The van der Waals surface area contributed by atoms with Gasteiger partial charge in [0.25, 0.3) is 5.91 Å². The molecule has 5 heteroatoms. The van der Waals surface area contributed by atoms with Gasteiger partial charge in [0.2, 0.25) is 5.91 Å². The van der Waals surface area contributed by atoms with Gasteiger partial charge in [-0.1, -0.05) is 24.3 Å². The lowest BCUT2D eigenvalue weighted by Gasteiger charge is -2.40. The van der Waals surface area contributed by atoms with E-state index in [0.717, 1.165) is 32.4 Å². The molecule has 4 rings (SSSR count). The van der Waals surface area contributed by atoms with Crippen LogP contribution in [0.15, 0.2) is 42.6 Å². The number of amides is 2. The van der Waals surface area contributed by atoms with E-state index >= 15 is 0 Å². The number of nitrogens with one attached hydrogen (secondary N) is 2. The lowest BCUT2D eigenvalue weighted by atomic mass is 9.73. The Morgan fingerprint density at radius 2 is 1.89 bits per heavy atom. The number of nitrogens with zero attached hydrogens (tertiary/aromatic N) is 1. The molecule has 0 bridgehead atoms. The second kappa shape index (κ2) is 6.87. The summed E-state index contributed by atoms with van der Waals surface area (Å²) in [4.78, 5) is 30.4. The minimum atomic E-state index is -0.0886. The molecule has 27 heavy (non-hydrogen) atoms. The maximum Gasteiger partial charge on any atom is 0.270 e. The summed E-state index contributed by atoms with van der Waals surface area (Å²) in [6.45, 7) is 5.45. The van der Waals surface area contributed by atoms with Crippen LogP contribution in [-0.4, -0.2) is 40.8 Å². The predicted octanol–water partition coefficient (Wildman–Crippen LogP) is 3.20. The Morgan fingerprint density at radius 1 is 1.15 bits per heavy atom. The number of carbonyl (C=O) groups is 2. The molecular formula is C22H27N3O2. The van der Waals surface area contributed by atoms with Gasteiger partial charge in [-0.15, -0.1) is 0 Å². The molecular weight excluding hydrogens is 338 g/mol. The van der Waals surface area contributed by atoms with E-state index in [4.69, 9.17) is 0 Å². The Balaban J connectivity index is 1.54. The van der Waals surface area contributed by atoms with E-state index in [9.17, 15) is 9.59 Å². The number of rotatable bonds is 3. The van der Waals surface area contributed by atoms with Crippen molar-refractivity contribution < 1.29 is 9.59 Å². The Hall–Kier alpha value is -2.56. The summed E-state index contributed by atoms with van der Waals surface area (Å²) in [5.74, 6) is 0.101. The van der Waals surface area contributed by atoms with Gasteiger partial charge in [0.15, 0.2) is 0 Å². The van der Waals surface area contributed by atoms with Gasteiger partial charge < -0.3 is 15.2 Å². The smallest absolute Gasteiger partial charge is 0.270 e. The maximum atomic E-state index is 12.8. The Labute approximate surface area is 160 Å². The molecule has 142 valence electrons. The van der Waals surface area contributed by atoms with Crippen molar-refractivity contribution in [3.05, 3.63) is 59.4 Å². The molecule has 2 amide bonds. The third kappa shape index (κ3) is 3.15. The number of aromatic nitrogens is 1. The molecule has 1 spiro atoms. The van der Waals surface area contributed by atoms with Crippen molar-refractivity contribution in [2.45, 2.75) is 50.5 Å². The van der Waals surface area contributed by atoms with Gasteiger partial charge in [-0.2, -0.15) is 0 Å². The van der Waals surface area contributed by atoms with Gasteiger partial charge in [-0.25, -0.2) is 0 Å². The quantitative estimate of drug-likeness (QED) is 0.877. The van der Waals surface area contributed by atoms with Crippen LogP contribution in [0, 0.1) is 0 Å². The summed E-state index contributed by atoms with van der Waals surface area (Å²) in [5.41, 5.74) is 3.12. The molecule has 2 aliphatic rings. The predicted molar refractivity (Wildman–Crippen MR) is 105 cm³/mol. The first-order chi connectivity index (χ1) is 13.0. The van der Waals surface area contributed by atoms with Crippen LogP contribution in [0.25, 0.3) is 0 Å². The van der Waals surface area contributed by atoms with E-state index in [-0.39, 0.29) is 29.2 Å². The van der Waals surface area contributed by atoms with Crippen molar-refractivity contribution in [3.63, 3.8) is 0 Å². The number of carbonyl (C=O) groups excluding carboxylic acids is 2. The standard InChI is InChI=1S/C22H27N3O2/c1-15(2)24-20(26)17-14-22(18-7-4-3-6-16(17)18)9-12-25(13-10-22)21(27)19-8-5-11-23-19/h3-8,11,15,17,23H,9-10,12-14H2,1-2H3,(H,24,26)/t17-/m1/s1. The first kappa shape index (κ1) is 17.8. The average Bonchev–Trinajstić information content (AvgIpc) is 3.29. The van der Waals surface area contributed by atoms with Gasteiger partial charge in [0.05, 0.1) is 5.92 Å². The van der Waals surface area contributed by atoms with Crippen molar-refractivity contribution >= 4 is 11.8 Å². The van der Waals surface area contributed by atoms with Gasteiger partial charge in [0, 0.05) is 30.7 Å². The molecule has 2 aromatic rings. The normalized spacial score (nSPS) is 20.7. The highest BCUT2D eigenvalue weighted by molar-refractivity contribution is 5.92. The highest BCUT2D eigenvalue weighted by Crippen LogP contribution is 2.51. The second-order valence-corrected chi connectivity index (χ2v) is 8.16. The fraction of sp³-hybridized carbons (Fsp3) is 0.455. The molecule has 0 radical (unpaired) electrons. The van der Waals surface area contributed by atoms with Gasteiger partial charge in [-0.3, -0.25) is 9.59 Å². The van der Waals surface area contributed by atoms with E-state index in [1.54, 1.807) is 6.20 Å². The van der Waals surface area contributed by atoms with Crippen molar-refractivity contribution in [1.29, 1.82) is 0 Å². The molecule has 1 aromatic carbocycles. The summed E-state index contributed by atoms with van der Waals surface area (Å²) in [5, 5.41) is 3.09. The van der Waals surface area contributed by atoms with E-state index in [1.807, 2.05) is 36.9 Å². The number of fused-ring (bicyclic) bond motifs is 2. The largest absolute Gasteiger partial charge is 0.357 e. The van der Waals surface area contributed by atoms with Gasteiger partial charge in [-0.05, 0) is 56.4 Å². The van der Waals surface area contributed by atoms with Crippen LogP contribution in [0.5, 0.6) is 0 Å². The number of likely N-dealkylation sites (tertiary alicyclic amines) is 1. The van der Waals surface area contributed by atoms with Crippen LogP contribution in [0.2, 0.25) is 0 Å². The molecule has 1 aliphatic carbocycles. The average molecular weight is 365 g/mol. The summed E-state index contributed by atoms with van der Waals surface area (Å²) in [6, 6.07) is 12.2. The fourth-order valence-corrected chi connectivity index (χ4v) is 4.76. The van der Waals surface area contributed by atoms with Crippen LogP contribution in [0.4, 0.5) is 0 Å². The Morgan fingerprint density at radius 3 is 2.56 bits per heavy atom. The summed E-state index contributed by atoms with van der Waals surface area (Å²) < 4.78 is 0. The van der Waals surface area contributed by atoms with Gasteiger partial charge >= 0.3 is 0 Å². The number of hydrogen-bond donors (Lipinski definition) is 2. The molecule has 2 N–H and O–H groups in total. The SMILES string of the molecule is CC(C)NC(=O)[C@@H]1CC2(CCN(C(=O)c3ccc[nH]3)CC2)c2ccccc21. The lowest BCUT2D eigenvalue weighted by Crippen LogP contribution is -2.45. The van der Waals surface area contributed by atoms with Crippen molar-refractivity contribution in [2.24, 2.45) is 0 Å². The van der Waals surface area contributed by atoms with Crippen LogP contribution >= 0.6 is 0 Å². The molecule has 1 atom stereocenters. The van der Waals surface area contributed by atoms with Crippen LogP contribution in [-0.2, 0) is 10.2 Å². The van der Waals surface area contributed by atoms with Gasteiger partial charge in [0.1, 0.15) is 5.69 Å². The minimum absolute atomic E-state index is 0.00208. The third-order valence-corrected chi connectivity index (χ3v) is 6.09. The monoisotopic (exact) mass is 365 g/mol. The zero-order valence-corrected chi connectivity index (χ0v) is 16.0. The molecule has 5 nitrogen and oxygen atoms in total. The molecule has 1 aliphatic heterocycles. The third-order valence-electron chi connectivity index (χ3n) is 6.09. The maximum absolute atomic E-state index is 12.8. The Bertz CT molecular complexity index is 833. The van der Waals surface area contributed by atoms with Crippen LogP contribution in [0.3, 0.4) is 0 Å². The summed E-state index contributed by atoms with van der Waals surface area (Å²) in [6.07, 6.45) is 4.43. The first-order valence-corrected chi connectivity index (χ1v) is 9.83. The first-order valence-electron chi connectivity index (χ1n) is 9.83. The zero-order valence-electron chi connectivity index (χ0n) is 16.0. The highest BCUT2D eigenvalue weighted by Gasteiger charge is 2.47. The van der Waals surface area contributed by atoms with Crippen molar-refractivity contribution in [2.75, 3.05) is 13.1 Å². The van der Waals surface area contributed by atoms with E-state index < -0.39 is 0 Å². The molecule has 1 fully saturated rings. The van der Waals surface area contributed by atoms with Crippen molar-refractivity contribution in [1.82, 2.24) is 15.2 Å². The summed E-state index contributed by atoms with van der Waals surface area (Å²) >= 11 is 0. The van der Waals surface area contributed by atoms with Crippen LogP contribution < -0.4 is 5.32 Å². The molecule has 2 heterocycles. The second-order valence-electron chi connectivity index (χ2n) is 8.16. The fourth-order valence-electron chi connectivity index (χ4n) is 4.76. The van der Waals surface area contributed by atoms with E-state index in [0.29, 0.717) is 5.69 Å². The number of hydrogen-bond acceptors (Lipinski definition) is 2.